The van der Waals surface area contributed by atoms with E-state index >= 15 is 0 Å². The van der Waals surface area contributed by atoms with Crippen LogP contribution in [0, 0.1) is 0 Å². The van der Waals surface area contributed by atoms with E-state index in [1.165, 1.54) is 0 Å². The summed E-state index contributed by atoms with van der Waals surface area (Å²) < 4.78 is -3.33. The Morgan fingerprint density at radius 2 is 1.56 bits per heavy atom. The molecule has 1 aromatic carbocycles. The van der Waals surface area contributed by atoms with Crippen LogP contribution in [-0.4, -0.2) is 3.79 Å². The first kappa shape index (κ1) is 14.7. The number of alkyl halides is 5. The third-order valence-corrected chi connectivity index (χ3v) is 4.71. The van der Waals surface area contributed by atoms with Crippen molar-refractivity contribution in [3.8, 4) is 0 Å². The van der Waals surface area contributed by atoms with E-state index in [4.69, 9.17) is 58.0 Å². The fourth-order valence-electron chi connectivity index (χ4n) is 1.26. The van der Waals surface area contributed by atoms with Gasteiger partial charge in [0.15, 0.2) is 4.33 Å². The zero-order valence-corrected chi connectivity index (χ0v) is 12.6. The fraction of sp³-hybridized carbons (Fsp3) is 0.455. The Morgan fingerprint density at radius 1 is 1.00 bits per heavy atom. The van der Waals surface area contributed by atoms with Gasteiger partial charge in [0.05, 0.1) is 0 Å². The van der Waals surface area contributed by atoms with Crippen LogP contribution in [0.3, 0.4) is 0 Å². The quantitative estimate of drug-likeness (QED) is 0.603. The van der Waals surface area contributed by atoms with Gasteiger partial charge in [0.1, 0.15) is 0 Å². The van der Waals surface area contributed by atoms with Crippen LogP contribution in [0.5, 0.6) is 0 Å². The van der Waals surface area contributed by atoms with Gasteiger partial charge in [-0.25, -0.2) is 0 Å². The monoisotopic (exact) mass is 318 g/mol. The van der Waals surface area contributed by atoms with E-state index in [2.05, 4.69) is 13.8 Å². The molecule has 0 heterocycles. The van der Waals surface area contributed by atoms with Gasteiger partial charge in [-0.1, -0.05) is 96.1 Å². The maximum absolute atomic E-state index is 6.08. The normalized spacial score (nSPS) is 13.2. The number of halogens is 5. The molecule has 0 bridgehead atoms. The topological polar surface area (TPSA) is 0 Å². The van der Waals surface area contributed by atoms with Crippen molar-refractivity contribution in [3.63, 3.8) is 0 Å². The molecular weight excluding hydrogens is 309 g/mol. The van der Waals surface area contributed by atoms with Crippen molar-refractivity contribution in [2.24, 2.45) is 0 Å². The molecule has 16 heavy (non-hydrogen) atoms. The SMILES string of the molecule is CC(C)c1cccc(C(Cl)(Cl)C(Cl)(Cl)Cl)c1. The molecule has 1 rings (SSSR count). The Labute approximate surface area is 121 Å². The largest absolute Gasteiger partial charge is 0.227 e. The average Bonchev–Trinajstić information content (AvgIpc) is 2.16. The highest BCUT2D eigenvalue weighted by atomic mass is 35.6. The van der Waals surface area contributed by atoms with Crippen LogP contribution in [0.15, 0.2) is 24.3 Å². The minimum absolute atomic E-state index is 0.361. The van der Waals surface area contributed by atoms with Gasteiger partial charge in [0.25, 0.3) is 0 Å². The van der Waals surface area contributed by atoms with Gasteiger partial charge in [0, 0.05) is 0 Å². The molecule has 0 nitrogen and oxygen atoms in total. The molecule has 0 spiro atoms. The van der Waals surface area contributed by atoms with Crippen LogP contribution in [0.4, 0.5) is 0 Å². The zero-order valence-electron chi connectivity index (χ0n) is 8.78. The van der Waals surface area contributed by atoms with Gasteiger partial charge in [-0.05, 0) is 17.0 Å². The Balaban J connectivity index is 3.19. The molecule has 0 fully saturated rings. The number of benzene rings is 1. The maximum atomic E-state index is 6.08. The molecule has 0 atom stereocenters. The Morgan fingerprint density at radius 3 is 2.00 bits per heavy atom. The van der Waals surface area contributed by atoms with Crippen LogP contribution in [0.1, 0.15) is 30.9 Å². The van der Waals surface area contributed by atoms with Crippen LogP contribution < -0.4 is 0 Å². The zero-order chi connectivity index (χ0) is 12.6. The molecule has 0 radical (unpaired) electrons. The molecule has 0 aliphatic carbocycles. The molecule has 0 amide bonds. The average molecular weight is 320 g/mol. The summed E-state index contributed by atoms with van der Waals surface area (Å²) >= 11 is 29.4. The van der Waals surface area contributed by atoms with Crippen molar-refractivity contribution < 1.29 is 0 Å². The molecule has 0 aromatic heterocycles. The molecule has 0 aliphatic rings. The predicted octanol–water partition coefficient (Wildman–Crippen LogP) is 5.81. The predicted molar refractivity (Wildman–Crippen MR) is 74.2 cm³/mol. The second kappa shape index (κ2) is 5.12. The first-order chi connectivity index (χ1) is 7.16. The maximum Gasteiger partial charge on any atom is 0.227 e. The smallest absolute Gasteiger partial charge is 0.0915 e. The third kappa shape index (κ3) is 3.11. The second-order valence-electron chi connectivity index (χ2n) is 3.85. The highest BCUT2D eigenvalue weighted by Gasteiger charge is 2.47. The van der Waals surface area contributed by atoms with E-state index in [0.717, 1.165) is 5.56 Å². The first-order valence-electron chi connectivity index (χ1n) is 4.71. The summed E-state index contributed by atoms with van der Waals surface area (Å²) in [6.45, 7) is 4.14. The Kier molecular flexibility index (Phi) is 4.71. The fourth-order valence-corrected chi connectivity index (χ4v) is 1.82. The van der Waals surface area contributed by atoms with Gasteiger partial charge in [-0.2, -0.15) is 0 Å². The number of hydrogen-bond donors (Lipinski definition) is 0. The van der Waals surface area contributed by atoms with Gasteiger partial charge in [-0.15, -0.1) is 0 Å². The Hall–Kier alpha value is 0.670. The Bertz CT molecular complexity index is 365. The highest BCUT2D eigenvalue weighted by molar-refractivity contribution is 6.75. The molecule has 0 saturated carbocycles. The van der Waals surface area contributed by atoms with Crippen molar-refractivity contribution in [1.82, 2.24) is 0 Å². The molecule has 90 valence electrons. The van der Waals surface area contributed by atoms with E-state index in [1.54, 1.807) is 6.07 Å². The molecule has 0 saturated heterocycles. The summed E-state index contributed by atoms with van der Waals surface area (Å²) in [4.78, 5) is 0. The number of rotatable bonds is 2. The van der Waals surface area contributed by atoms with Gasteiger partial charge < -0.3 is 0 Å². The molecule has 1 aromatic rings. The van der Waals surface area contributed by atoms with Crippen molar-refractivity contribution in [3.05, 3.63) is 35.4 Å². The summed E-state index contributed by atoms with van der Waals surface area (Å²) in [6, 6.07) is 7.43. The lowest BCUT2D eigenvalue weighted by Crippen LogP contribution is -2.28. The first-order valence-corrected chi connectivity index (χ1v) is 6.60. The van der Waals surface area contributed by atoms with E-state index in [-0.39, 0.29) is 0 Å². The minimum Gasteiger partial charge on any atom is -0.0915 e. The van der Waals surface area contributed by atoms with Gasteiger partial charge in [0.2, 0.25) is 3.79 Å². The van der Waals surface area contributed by atoms with E-state index in [9.17, 15) is 0 Å². The summed E-state index contributed by atoms with van der Waals surface area (Å²) in [5.41, 5.74) is 1.68. The van der Waals surface area contributed by atoms with Crippen molar-refractivity contribution >= 4 is 58.0 Å². The van der Waals surface area contributed by atoms with Gasteiger partial charge >= 0.3 is 0 Å². The molecule has 0 unspecified atom stereocenters. The lowest BCUT2D eigenvalue weighted by Gasteiger charge is -2.28. The number of hydrogen-bond acceptors (Lipinski definition) is 0. The molecular formula is C11H11Cl5. The molecule has 0 N–H and O–H groups in total. The second-order valence-corrected chi connectivity index (χ2v) is 7.46. The van der Waals surface area contributed by atoms with E-state index in [0.29, 0.717) is 11.5 Å². The highest BCUT2D eigenvalue weighted by Crippen LogP contribution is 2.52. The summed E-state index contributed by atoms with van der Waals surface area (Å²) in [7, 11) is 0. The van der Waals surface area contributed by atoms with Crippen molar-refractivity contribution in [2.45, 2.75) is 27.9 Å². The summed E-state index contributed by atoms with van der Waals surface area (Å²) in [6.07, 6.45) is 0. The molecule has 5 heteroatoms. The van der Waals surface area contributed by atoms with E-state index in [1.807, 2.05) is 18.2 Å². The lowest BCUT2D eigenvalue weighted by atomic mass is 10.00. The lowest BCUT2D eigenvalue weighted by molar-refractivity contribution is 0.839. The minimum atomic E-state index is -1.77. The summed E-state index contributed by atoms with van der Waals surface area (Å²) in [5.74, 6) is 0.361. The van der Waals surface area contributed by atoms with E-state index < -0.39 is 8.13 Å². The molecule has 0 aliphatic heterocycles. The van der Waals surface area contributed by atoms with Crippen LogP contribution in [0.2, 0.25) is 0 Å². The van der Waals surface area contributed by atoms with Crippen molar-refractivity contribution in [1.29, 1.82) is 0 Å². The third-order valence-electron chi connectivity index (χ3n) is 2.27. The van der Waals surface area contributed by atoms with Crippen LogP contribution >= 0.6 is 58.0 Å². The summed E-state index contributed by atoms with van der Waals surface area (Å²) in [5, 5.41) is 0. The standard InChI is InChI=1S/C11H11Cl5/c1-7(2)8-4-3-5-9(6-8)10(12,13)11(14,15)16/h3-7H,1-2H3. The van der Waals surface area contributed by atoms with Gasteiger partial charge in [-0.3, -0.25) is 0 Å². The van der Waals surface area contributed by atoms with Crippen LogP contribution in [0.25, 0.3) is 0 Å². The van der Waals surface area contributed by atoms with Crippen molar-refractivity contribution in [2.75, 3.05) is 0 Å². The van der Waals surface area contributed by atoms with Crippen LogP contribution in [-0.2, 0) is 4.33 Å².